The number of hydrogen-bond donors (Lipinski definition) is 0. The summed E-state index contributed by atoms with van der Waals surface area (Å²) >= 11 is 0. The van der Waals surface area contributed by atoms with Gasteiger partial charge in [0, 0.05) is 0 Å². The molecule has 1 unspecified atom stereocenters. The second-order valence-corrected chi connectivity index (χ2v) is 3.67. The van der Waals surface area contributed by atoms with Crippen molar-refractivity contribution in [2.75, 3.05) is 13.7 Å². The summed E-state index contributed by atoms with van der Waals surface area (Å²) in [6, 6.07) is 3.54. The van der Waals surface area contributed by atoms with Crippen molar-refractivity contribution in [3.05, 3.63) is 24.2 Å². The van der Waals surface area contributed by atoms with Gasteiger partial charge in [-0.25, -0.2) is 0 Å². The van der Waals surface area contributed by atoms with Gasteiger partial charge in [-0.15, -0.1) is 0 Å². The van der Waals surface area contributed by atoms with E-state index in [2.05, 4.69) is 0 Å². The fraction of sp³-hybridized carbons (Fsp3) is 0.583. The van der Waals surface area contributed by atoms with Crippen LogP contribution in [-0.4, -0.2) is 30.6 Å². The highest BCUT2D eigenvalue weighted by atomic mass is 16.5. The van der Waals surface area contributed by atoms with Crippen LogP contribution in [0, 0.1) is 0 Å². The Labute approximate surface area is 96.2 Å². The lowest BCUT2D eigenvalue weighted by atomic mass is 10.2. The summed E-state index contributed by atoms with van der Waals surface area (Å²) in [5.74, 6) is 0.685. The minimum Gasteiger partial charge on any atom is -0.468 e. The van der Waals surface area contributed by atoms with E-state index in [-0.39, 0.29) is 12.0 Å². The monoisotopic (exact) mass is 225 g/mol. The Hall–Kier alpha value is -1.29. The van der Waals surface area contributed by atoms with Gasteiger partial charge in [-0.1, -0.05) is 6.92 Å². The highest BCUT2D eigenvalue weighted by Gasteiger charge is 2.22. The third-order valence-electron chi connectivity index (χ3n) is 2.46. The average molecular weight is 225 g/mol. The van der Waals surface area contributed by atoms with Crippen LogP contribution in [0.1, 0.15) is 26.0 Å². The fourth-order valence-electron chi connectivity index (χ4n) is 1.66. The molecule has 0 aliphatic carbocycles. The van der Waals surface area contributed by atoms with E-state index in [1.165, 1.54) is 0 Å². The van der Waals surface area contributed by atoms with Gasteiger partial charge in [0.15, 0.2) is 0 Å². The van der Waals surface area contributed by atoms with Crippen LogP contribution in [0.15, 0.2) is 22.8 Å². The quantitative estimate of drug-likeness (QED) is 0.695. The molecular weight excluding hydrogens is 206 g/mol. The zero-order valence-electron chi connectivity index (χ0n) is 10.1. The number of furan rings is 1. The summed E-state index contributed by atoms with van der Waals surface area (Å²) in [7, 11) is 1.90. The smallest absolute Gasteiger partial charge is 0.323 e. The molecule has 16 heavy (non-hydrogen) atoms. The van der Waals surface area contributed by atoms with Crippen LogP contribution in [0.5, 0.6) is 0 Å². The van der Waals surface area contributed by atoms with Crippen LogP contribution in [0.4, 0.5) is 0 Å². The van der Waals surface area contributed by atoms with Crippen molar-refractivity contribution in [2.45, 2.75) is 32.9 Å². The molecule has 0 bridgehead atoms. The summed E-state index contributed by atoms with van der Waals surface area (Å²) < 4.78 is 10.3. The standard InChI is InChI=1S/C12H19NO3/c1-4-11(12(14)15-5-2)13(3)9-10-7-6-8-16-10/h6-8,11H,4-5,9H2,1-3H3. The van der Waals surface area contributed by atoms with E-state index < -0.39 is 0 Å². The molecule has 0 aromatic carbocycles. The Bertz CT molecular complexity index is 308. The first-order valence-corrected chi connectivity index (χ1v) is 5.58. The van der Waals surface area contributed by atoms with E-state index in [0.29, 0.717) is 13.2 Å². The van der Waals surface area contributed by atoms with E-state index in [4.69, 9.17) is 9.15 Å². The predicted octanol–water partition coefficient (Wildman–Crippen LogP) is 2.05. The van der Waals surface area contributed by atoms with Crippen molar-refractivity contribution < 1.29 is 13.9 Å². The van der Waals surface area contributed by atoms with Gasteiger partial charge in [-0.2, -0.15) is 0 Å². The van der Waals surface area contributed by atoms with E-state index in [0.717, 1.165) is 12.2 Å². The highest BCUT2D eigenvalue weighted by molar-refractivity contribution is 5.75. The molecule has 0 aliphatic rings. The molecule has 0 fully saturated rings. The molecule has 4 heteroatoms. The molecular formula is C12H19NO3. The lowest BCUT2D eigenvalue weighted by Gasteiger charge is -2.24. The molecule has 1 atom stereocenters. The average Bonchev–Trinajstić information content (AvgIpc) is 2.71. The minimum absolute atomic E-state index is 0.168. The molecule has 1 rings (SSSR count). The third-order valence-corrected chi connectivity index (χ3v) is 2.46. The zero-order valence-corrected chi connectivity index (χ0v) is 10.1. The molecule has 4 nitrogen and oxygen atoms in total. The molecule has 1 aromatic heterocycles. The maximum Gasteiger partial charge on any atom is 0.323 e. The molecule has 0 aliphatic heterocycles. The van der Waals surface area contributed by atoms with Crippen molar-refractivity contribution >= 4 is 5.97 Å². The van der Waals surface area contributed by atoms with Crippen molar-refractivity contribution in [2.24, 2.45) is 0 Å². The van der Waals surface area contributed by atoms with Gasteiger partial charge < -0.3 is 9.15 Å². The zero-order chi connectivity index (χ0) is 12.0. The van der Waals surface area contributed by atoms with E-state index in [1.54, 1.807) is 6.26 Å². The first-order chi connectivity index (χ1) is 7.69. The topological polar surface area (TPSA) is 42.7 Å². The summed E-state index contributed by atoms with van der Waals surface area (Å²) in [6.07, 6.45) is 2.37. The summed E-state index contributed by atoms with van der Waals surface area (Å²) in [6.45, 7) is 4.83. The van der Waals surface area contributed by atoms with Crippen molar-refractivity contribution in [1.29, 1.82) is 0 Å². The molecule has 1 aromatic rings. The van der Waals surface area contributed by atoms with E-state index in [9.17, 15) is 4.79 Å². The molecule has 0 saturated heterocycles. The summed E-state index contributed by atoms with van der Waals surface area (Å²) in [5.41, 5.74) is 0. The number of carbonyl (C=O) groups excluding carboxylic acids is 1. The summed E-state index contributed by atoms with van der Waals surface area (Å²) in [5, 5.41) is 0. The Morgan fingerprint density at radius 3 is 2.81 bits per heavy atom. The van der Waals surface area contributed by atoms with Gasteiger partial charge in [-0.05, 0) is 32.5 Å². The van der Waals surface area contributed by atoms with Crippen LogP contribution in [0.2, 0.25) is 0 Å². The van der Waals surface area contributed by atoms with Gasteiger partial charge in [0.05, 0.1) is 19.4 Å². The molecule has 0 N–H and O–H groups in total. The minimum atomic E-state index is -0.204. The van der Waals surface area contributed by atoms with E-state index in [1.807, 2.05) is 37.9 Å². The lowest BCUT2D eigenvalue weighted by Crippen LogP contribution is -2.38. The van der Waals surface area contributed by atoms with Gasteiger partial charge in [0.2, 0.25) is 0 Å². The Morgan fingerprint density at radius 2 is 2.31 bits per heavy atom. The van der Waals surface area contributed by atoms with Crippen LogP contribution < -0.4 is 0 Å². The Morgan fingerprint density at radius 1 is 1.56 bits per heavy atom. The largest absolute Gasteiger partial charge is 0.468 e. The van der Waals surface area contributed by atoms with Crippen LogP contribution in [0.3, 0.4) is 0 Å². The maximum atomic E-state index is 11.6. The SMILES string of the molecule is CCOC(=O)C(CC)N(C)Cc1ccco1. The van der Waals surface area contributed by atoms with Gasteiger partial charge in [-0.3, -0.25) is 9.69 Å². The fourth-order valence-corrected chi connectivity index (χ4v) is 1.66. The molecule has 0 spiro atoms. The number of nitrogens with zero attached hydrogens (tertiary/aromatic N) is 1. The third kappa shape index (κ3) is 3.38. The number of carbonyl (C=O) groups is 1. The van der Waals surface area contributed by atoms with Crippen molar-refractivity contribution in [3.63, 3.8) is 0 Å². The second-order valence-electron chi connectivity index (χ2n) is 3.67. The van der Waals surface area contributed by atoms with Crippen molar-refractivity contribution in [1.82, 2.24) is 4.90 Å². The van der Waals surface area contributed by atoms with Crippen LogP contribution in [-0.2, 0) is 16.1 Å². The van der Waals surface area contributed by atoms with Crippen molar-refractivity contribution in [3.8, 4) is 0 Å². The molecule has 0 amide bonds. The van der Waals surface area contributed by atoms with Gasteiger partial charge >= 0.3 is 5.97 Å². The van der Waals surface area contributed by atoms with Gasteiger partial charge in [0.1, 0.15) is 11.8 Å². The summed E-state index contributed by atoms with van der Waals surface area (Å²) in [4.78, 5) is 13.6. The molecule has 0 saturated carbocycles. The Balaban J connectivity index is 2.55. The maximum absolute atomic E-state index is 11.6. The number of ether oxygens (including phenoxy) is 1. The number of esters is 1. The number of hydrogen-bond acceptors (Lipinski definition) is 4. The first kappa shape index (κ1) is 12.8. The van der Waals surface area contributed by atoms with Gasteiger partial charge in [0.25, 0.3) is 0 Å². The Kier molecular flexibility index (Phi) is 5.05. The highest BCUT2D eigenvalue weighted by Crippen LogP contribution is 2.10. The number of rotatable bonds is 6. The molecule has 0 radical (unpaired) electrons. The first-order valence-electron chi connectivity index (χ1n) is 5.58. The normalized spacial score (nSPS) is 12.8. The van der Waals surface area contributed by atoms with Crippen LogP contribution in [0.25, 0.3) is 0 Å². The van der Waals surface area contributed by atoms with Crippen LogP contribution >= 0.6 is 0 Å². The predicted molar refractivity (Wildman–Crippen MR) is 60.9 cm³/mol. The number of likely N-dealkylation sites (N-methyl/N-ethyl adjacent to an activating group) is 1. The van der Waals surface area contributed by atoms with E-state index >= 15 is 0 Å². The molecule has 90 valence electrons. The molecule has 1 heterocycles. The lowest BCUT2D eigenvalue weighted by molar-refractivity contribution is -0.149. The second kappa shape index (κ2) is 6.33.